The molecule has 1 aliphatic carbocycles. The summed E-state index contributed by atoms with van der Waals surface area (Å²) >= 11 is 2.93. The molecule has 24 heavy (non-hydrogen) atoms. The zero-order chi connectivity index (χ0) is 16.8. The molecule has 3 aromatic rings. The van der Waals surface area contributed by atoms with Crippen molar-refractivity contribution in [3.63, 3.8) is 0 Å². The van der Waals surface area contributed by atoms with Gasteiger partial charge in [-0.05, 0) is 36.8 Å². The number of hydrogen-bond acceptors (Lipinski definition) is 6. The van der Waals surface area contributed by atoms with Crippen molar-refractivity contribution in [3.05, 3.63) is 33.6 Å². The highest BCUT2D eigenvalue weighted by Crippen LogP contribution is 2.47. The van der Waals surface area contributed by atoms with Gasteiger partial charge in [-0.3, -0.25) is 4.79 Å². The molecule has 1 atom stereocenters. The van der Waals surface area contributed by atoms with Gasteiger partial charge in [0.25, 0.3) is 5.91 Å². The summed E-state index contributed by atoms with van der Waals surface area (Å²) in [7, 11) is 0. The van der Waals surface area contributed by atoms with Gasteiger partial charge in [0.1, 0.15) is 15.8 Å². The minimum absolute atomic E-state index is 0.00784. The SMILES string of the molecule is CCOC1CCc2c1nc1sc(C(N)=O)c(N)c1c2-c1cccs1. The largest absolute Gasteiger partial charge is 0.397 e. The van der Waals surface area contributed by atoms with Gasteiger partial charge in [0.2, 0.25) is 0 Å². The molecule has 3 aromatic heterocycles. The predicted octanol–water partition coefficient (Wildman–Crippen LogP) is 3.73. The van der Waals surface area contributed by atoms with E-state index in [0.29, 0.717) is 17.2 Å². The molecule has 0 spiro atoms. The number of fused-ring (bicyclic) bond motifs is 2. The second kappa shape index (κ2) is 5.84. The summed E-state index contributed by atoms with van der Waals surface area (Å²) in [6.45, 7) is 2.64. The van der Waals surface area contributed by atoms with Crippen LogP contribution in [0, 0.1) is 0 Å². The van der Waals surface area contributed by atoms with Crippen LogP contribution in [0.3, 0.4) is 0 Å². The van der Waals surface area contributed by atoms with Gasteiger partial charge >= 0.3 is 0 Å². The van der Waals surface area contributed by atoms with Gasteiger partial charge in [-0.2, -0.15) is 0 Å². The highest BCUT2D eigenvalue weighted by atomic mass is 32.1. The van der Waals surface area contributed by atoms with Crippen LogP contribution < -0.4 is 11.5 Å². The van der Waals surface area contributed by atoms with Gasteiger partial charge in [0, 0.05) is 22.4 Å². The summed E-state index contributed by atoms with van der Waals surface area (Å²) in [5.41, 5.74) is 15.5. The van der Waals surface area contributed by atoms with E-state index in [4.69, 9.17) is 21.2 Å². The molecule has 0 aromatic carbocycles. The fourth-order valence-electron chi connectivity index (χ4n) is 3.38. The number of thiophene rings is 2. The Balaban J connectivity index is 2.06. The molecule has 3 heterocycles. The highest BCUT2D eigenvalue weighted by Gasteiger charge is 2.31. The Morgan fingerprint density at radius 3 is 3.00 bits per heavy atom. The molecular weight excluding hydrogens is 342 g/mol. The van der Waals surface area contributed by atoms with Crippen molar-refractivity contribution in [2.24, 2.45) is 5.73 Å². The topological polar surface area (TPSA) is 91.2 Å². The molecule has 0 radical (unpaired) electrons. The maximum Gasteiger partial charge on any atom is 0.260 e. The first-order chi connectivity index (χ1) is 11.6. The number of rotatable bonds is 4. The molecule has 5 nitrogen and oxygen atoms in total. The molecule has 7 heteroatoms. The lowest BCUT2D eigenvalue weighted by molar-refractivity contribution is 0.0615. The van der Waals surface area contributed by atoms with Crippen molar-refractivity contribution >= 4 is 44.5 Å². The van der Waals surface area contributed by atoms with Gasteiger partial charge in [0.15, 0.2) is 0 Å². The normalized spacial score (nSPS) is 16.6. The Morgan fingerprint density at radius 1 is 1.50 bits per heavy atom. The molecule has 0 bridgehead atoms. The average Bonchev–Trinajstić information content (AvgIpc) is 3.26. The van der Waals surface area contributed by atoms with Crippen molar-refractivity contribution in [2.45, 2.75) is 25.9 Å². The van der Waals surface area contributed by atoms with E-state index in [2.05, 4.69) is 6.07 Å². The van der Waals surface area contributed by atoms with Crippen LogP contribution in [-0.2, 0) is 11.2 Å². The van der Waals surface area contributed by atoms with E-state index in [-0.39, 0.29) is 6.10 Å². The van der Waals surface area contributed by atoms with E-state index in [0.717, 1.165) is 39.2 Å². The summed E-state index contributed by atoms with van der Waals surface area (Å²) in [5, 5.41) is 2.90. The molecule has 1 unspecified atom stereocenters. The number of aromatic nitrogens is 1. The molecule has 1 aliphatic rings. The summed E-state index contributed by atoms with van der Waals surface area (Å²) < 4.78 is 5.86. The second-order valence-electron chi connectivity index (χ2n) is 5.70. The van der Waals surface area contributed by atoms with E-state index in [1.165, 1.54) is 16.9 Å². The molecule has 0 aliphatic heterocycles. The predicted molar refractivity (Wildman–Crippen MR) is 98.6 cm³/mol. The number of carbonyl (C=O) groups excluding carboxylic acids is 1. The average molecular weight is 359 g/mol. The maximum atomic E-state index is 11.7. The van der Waals surface area contributed by atoms with Gasteiger partial charge in [-0.1, -0.05) is 6.07 Å². The molecule has 4 N–H and O–H groups in total. The van der Waals surface area contributed by atoms with Crippen molar-refractivity contribution in [2.75, 3.05) is 12.3 Å². The fraction of sp³-hybridized carbons (Fsp3) is 0.294. The molecular formula is C17H17N3O2S2. The van der Waals surface area contributed by atoms with Crippen molar-refractivity contribution in [1.29, 1.82) is 0 Å². The van der Waals surface area contributed by atoms with E-state index in [1.807, 2.05) is 18.4 Å². The molecule has 0 saturated carbocycles. The molecule has 124 valence electrons. The van der Waals surface area contributed by atoms with Gasteiger partial charge < -0.3 is 16.2 Å². The maximum absolute atomic E-state index is 11.7. The monoisotopic (exact) mass is 359 g/mol. The fourth-order valence-corrected chi connectivity index (χ4v) is 5.15. The lowest BCUT2D eigenvalue weighted by Crippen LogP contribution is -2.10. The molecule has 4 rings (SSSR count). The standard InChI is InChI=1S/C17H17N3O2S2/c1-2-22-9-6-5-8-11(10-4-3-7-23-10)12-13(18)15(16(19)21)24-17(12)20-14(8)9/h3-4,7,9H,2,5-6,18H2,1H3,(H2,19,21). The highest BCUT2D eigenvalue weighted by molar-refractivity contribution is 7.21. The molecule has 0 saturated heterocycles. The number of amides is 1. The first kappa shape index (κ1) is 15.6. The van der Waals surface area contributed by atoms with Gasteiger partial charge in [-0.25, -0.2) is 4.98 Å². The number of carbonyl (C=O) groups is 1. The second-order valence-corrected chi connectivity index (χ2v) is 7.65. The quantitative estimate of drug-likeness (QED) is 0.742. The van der Waals surface area contributed by atoms with Crippen LogP contribution in [0.5, 0.6) is 0 Å². The Bertz CT molecular complexity index is 931. The van der Waals surface area contributed by atoms with Crippen LogP contribution in [0.1, 0.15) is 40.4 Å². The Morgan fingerprint density at radius 2 is 2.33 bits per heavy atom. The lowest BCUT2D eigenvalue weighted by Gasteiger charge is -2.13. The lowest BCUT2D eigenvalue weighted by atomic mass is 10.0. The zero-order valence-corrected chi connectivity index (χ0v) is 14.8. The van der Waals surface area contributed by atoms with Crippen molar-refractivity contribution < 1.29 is 9.53 Å². The Labute approximate surface area is 147 Å². The third-order valence-electron chi connectivity index (χ3n) is 4.33. The Kier molecular flexibility index (Phi) is 3.79. The number of pyridine rings is 1. The van der Waals surface area contributed by atoms with Crippen LogP contribution in [0.25, 0.3) is 20.7 Å². The van der Waals surface area contributed by atoms with Crippen LogP contribution in [0.2, 0.25) is 0 Å². The Hall–Kier alpha value is -1.96. The van der Waals surface area contributed by atoms with Crippen LogP contribution in [0.4, 0.5) is 5.69 Å². The summed E-state index contributed by atoms with van der Waals surface area (Å²) in [5.74, 6) is -0.505. The number of nitrogens with zero attached hydrogens (tertiary/aromatic N) is 1. The summed E-state index contributed by atoms with van der Waals surface area (Å²) in [6, 6.07) is 4.10. The van der Waals surface area contributed by atoms with Crippen LogP contribution >= 0.6 is 22.7 Å². The van der Waals surface area contributed by atoms with Crippen LogP contribution in [0.15, 0.2) is 17.5 Å². The van der Waals surface area contributed by atoms with Gasteiger partial charge in [0.05, 0.1) is 11.4 Å². The third kappa shape index (κ3) is 2.23. The number of primary amides is 1. The van der Waals surface area contributed by atoms with Crippen LogP contribution in [-0.4, -0.2) is 17.5 Å². The van der Waals surface area contributed by atoms with Crippen molar-refractivity contribution in [3.8, 4) is 10.4 Å². The number of hydrogen-bond donors (Lipinski definition) is 2. The van der Waals surface area contributed by atoms with Crippen molar-refractivity contribution in [1.82, 2.24) is 4.98 Å². The summed E-state index contributed by atoms with van der Waals surface area (Å²) in [4.78, 5) is 18.8. The minimum Gasteiger partial charge on any atom is -0.397 e. The van der Waals surface area contributed by atoms with E-state index >= 15 is 0 Å². The number of ether oxygens (including phenoxy) is 1. The number of anilines is 1. The zero-order valence-electron chi connectivity index (χ0n) is 13.2. The van der Waals surface area contributed by atoms with E-state index < -0.39 is 5.91 Å². The van der Waals surface area contributed by atoms with E-state index in [9.17, 15) is 4.79 Å². The molecule has 0 fully saturated rings. The van der Waals surface area contributed by atoms with E-state index in [1.54, 1.807) is 11.3 Å². The molecule has 1 amide bonds. The smallest absolute Gasteiger partial charge is 0.260 e. The first-order valence-electron chi connectivity index (χ1n) is 7.81. The number of nitrogens with two attached hydrogens (primary N) is 2. The third-order valence-corrected chi connectivity index (χ3v) is 6.33. The minimum atomic E-state index is -0.505. The number of nitrogen functional groups attached to an aromatic ring is 1. The summed E-state index contributed by atoms with van der Waals surface area (Å²) in [6.07, 6.45) is 1.83. The first-order valence-corrected chi connectivity index (χ1v) is 9.51. The van der Waals surface area contributed by atoms with Gasteiger partial charge in [-0.15, -0.1) is 22.7 Å².